The lowest BCUT2D eigenvalue weighted by atomic mass is 9.99. The Balaban J connectivity index is 3.07. The van der Waals surface area contributed by atoms with E-state index in [4.69, 9.17) is 22.0 Å². The molecule has 2 N–H and O–H groups in total. The molecule has 1 atom stereocenters. The summed E-state index contributed by atoms with van der Waals surface area (Å²) in [7, 11) is 0. The van der Waals surface area contributed by atoms with Crippen LogP contribution in [-0.2, 0) is 11.2 Å². The fraction of sp³-hybridized carbons (Fsp3) is 0.273. The summed E-state index contributed by atoms with van der Waals surface area (Å²) in [6.45, 7) is 0. The first-order valence-electron chi connectivity index (χ1n) is 4.62. The number of nitriles is 1. The standard InChI is InChI=1S/C11H10ClNO3/c12-8-3-4-9(10(14)11(15)16)7(6-8)2-1-5-13/h3-4,6,10,14H,1-2H2,(H,15,16). The van der Waals surface area contributed by atoms with Crippen LogP contribution in [0.25, 0.3) is 0 Å². The summed E-state index contributed by atoms with van der Waals surface area (Å²) in [6.07, 6.45) is -0.956. The highest BCUT2D eigenvalue weighted by Crippen LogP contribution is 2.23. The van der Waals surface area contributed by atoms with Gasteiger partial charge in [0, 0.05) is 11.4 Å². The number of hydrogen-bond donors (Lipinski definition) is 2. The summed E-state index contributed by atoms with van der Waals surface area (Å²) in [6, 6.07) is 6.51. The van der Waals surface area contributed by atoms with Crippen LogP contribution >= 0.6 is 11.6 Å². The van der Waals surface area contributed by atoms with E-state index in [2.05, 4.69) is 0 Å². The molecule has 0 heterocycles. The molecule has 16 heavy (non-hydrogen) atoms. The van der Waals surface area contributed by atoms with Crippen LogP contribution in [-0.4, -0.2) is 16.2 Å². The first-order valence-corrected chi connectivity index (χ1v) is 5.00. The number of benzene rings is 1. The van der Waals surface area contributed by atoms with E-state index in [1.165, 1.54) is 12.1 Å². The number of aliphatic hydroxyl groups is 1. The van der Waals surface area contributed by atoms with Crippen molar-refractivity contribution in [2.45, 2.75) is 18.9 Å². The zero-order valence-electron chi connectivity index (χ0n) is 8.35. The highest BCUT2D eigenvalue weighted by atomic mass is 35.5. The van der Waals surface area contributed by atoms with Gasteiger partial charge in [-0.1, -0.05) is 17.7 Å². The van der Waals surface area contributed by atoms with Crippen LogP contribution in [0.15, 0.2) is 18.2 Å². The van der Waals surface area contributed by atoms with Crippen molar-refractivity contribution in [2.24, 2.45) is 0 Å². The number of nitrogens with zero attached hydrogens (tertiary/aromatic N) is 1. The second-order valence-corrected chi connectivity index (χ2v) is 3.68. The molecule has 0 aliphatic rings. The Morgan fingerprint density at radius 2 is 2.25 bits per heavy atom. The molecule has 0 aliphatic carbocycles. The number of carboxylic acid groups (broad SMARTS) is 1. The third kappa shape index (κ3) is 2.96. The van der Waals surface area contributed by atoms with Gasteiger partial charge in [0.05, 0.1) is 6.07 Å². The van der Waals surface area contributed by atoms with Crippen LogP contribution in [0, 0.1) is 11.3 Å². The SMILES string of the molecule is N#CCCc1cc(Cl)ccc1C(O)C(=O)O. The molecule has 0 aromatic heterocycles. The number of aliphatic hydroxyl groups excluding tert-OH is 1. The summed E-state index contributed by atoms with van der Waals surface area (Å²) in [4.78, 5) is 10.7. The van der Waals surface area contributed by atoms with Gasteiger partial charge in [-0.3, -0.25) is 0 Å². The number of rotatable bonds is 4. The van der Waals surface area contributed by atoms with Crippen molar-refractivity contribution in [3.05, 3.63) is 34.3 Å². The minimum atomic E-state index is -1.58. The Hall–Kier alpha value is -1.57. The van der Waals surface area contributed by atoms with Crippen LogP contribution in [0.4, 0.5) is 0 Å². The minimum Gasteiger partial charge on any atom is -0.479 e. The summed E-state index contributed by atoms with van der Waals surface area (Å²) in [5.74, 6) is -1.32. The van der Waals surface area contributed by atoms with E-state index in [0.29, 0.717) is 17.0 Å². The lowest BCUT2D eigenvalue weighted by Crippen LogP contribution is -2.12. The Kier molecular flexibility index (Phi) is 4.29. The number of aryl methyl sites for hydroxylation is 1. The molecular formula is C11H10ClNO3. The summed E-state index contributed by atoms with van der Waals surface area (Å²) < 4.78 is 0. The number of halogens is 1. The zero-order valence-corrected chi connectivity index (χ0v) is 9.11. The van der Waals surface area contributed by atoms with Crippen molar-refractivity contribution in [1.82, 2.24) is 0 Å². The Labute approximate surface area is 97.7 Å². The molecule has 0 spiro atoms. The van der Waals surface area contributed by atoms with Gasteiger partial charge >= 0.3 is 5.97 Å². The molecule has 0 bridgehead atoms. The first-order chi connectivity index (χ1) is 7.56. The van der Waals surface area contributed by atoms with Crippen molar-refractivity contribution in [1.29, 1.82) is 5.26 Å². The number of carbonyl (C=O) groups is 1. The van der Waals surface area contributed by atoms with Crippen molar-refractivity contribution < 1.29 is 15.0 Å². The normalized spacial score (nSPS) is 11.8. The summed E-state index contributed by atoms with van der Waals surface area (Å²) in [5.41, 5.74) is 0.871. The fourth-order valence-corrected chi connectivity index (χ4v) is 1.58. The van der Waals surface area contributed by atoms with Crippen LogP contribution in [0.3, 0.4) is 0 Å². The highest BCUT2D eigenvalue weighted by molar-refractivity contribution is 6.30. The Morgan fingerprint density at radius 3 is 2.81 bits per heavy atom. The maximum Gasteiger partial charge on any atom is 0.337 e. The average molecular weight is 240 g/mol. The molecule has 0 aliphatic heterocycles. The molecule has 1 rings (SSSR count). The molecule has 5 heteroatoms. The van der Waals surface area contributed by atoms with E-state index in [0.717, 1.165) is 0 Å². The molecule has 0 amide bonds. The summed E-state index contributed by atoms with van der Waals surface area (Å²) in [5, 5.41) is 27.1. The Bertz CT molecular complexity index is 439. The second kappa shape index (κ2) is 5.50. The van der Waals surface area contributed by atoms with E-state index in [-0.39, 0.29) is 12.0 Å². The third-order valence-electron chi connectivity index (χ3n) is 2.14. The van der Waals surface area contributed by atoms with Crippen LogP contribution < -0.4 is 0 Å². The first kappa shape index (κ1) is 12.5. The van der Waals surface area contributed by atoms with E-state index in [9.17, 15) is 9.90 Å². The predicted octanol–water partition coefficient (Wildman–Crippen LogP) is 1.91. The molecule has 0 radical (unpaired) electrons. The smallest absolute Gasteiger partial charge is 0.337 e. The fourth-order valence-electron chi connectivity index (χ4n) is 1.38. The van der Waals surface area contributed by atoms with Crippen molar-refractivity contribution in [3.8, 4) is 6.07 Å². The lowest BCUT2D eigenvalue weighted by molar-refractivity contribution is -0.147. The molecule has 0 fully saturated rings. The molecular weight excluding hydrogens is 230 g/mol. The van der Waals surface area contributed by atoms with Gasteiger partial charge < -0.3 is 10.2 Å². The van der Waals surface area contributed by atoms with Gasteiger partial charge in [-0.05, 0) is 29.7 Å². The maximum atomic E-state index is 10.7. The van der Waals surface area contributed by atoms with Gasteiger partial charge in [0.1, 0.15) is 0 Å². The van der Waals surface area contributed by atoms with E-state index >= 15 is 0 Å². The van der Waals surface area contributed by atoms with E-state index < -0.39 is 12.1 Å². The van der Waals surface area contributed by atoms with Gasteiger partial charge in [-0.15, -0.1) is 0 Å². The van der Waals surface area contributed by atoms with Crippen LogP contribution in [0.2, 0.25) is 5.02 Å². The molecule has 1 aromatic carbocycles. The monoisotopic (exact) mass is 239 g/mol. The van der Waals surface area contributed by atoms with Crippen molar-refractivity contribution in [2.75, 3.05) is 0 Å². The molecule has 1 aromatic rings. The lowest BCUT2D eigenvalue weighted by Gasteiger charge is -2.11. The number of hydrogen-bond acceptors (Lipinski definition) is 3. The number of carboxylic acids is 1. The topological polar surface area (TPSA) is 81.3 Å². The van der Waals surface area contributed by atoms with Crippen molar-refractivity contribution in [3.63, 3.8) is 0 Å². The van der Waals surface area contributed by atoms with E-state index in [1.807, 2.05) is 6.07 Å². The largest absolute Gasteiger partial charge is 0.479 e. The van der Waals surface area contributed by atoms with Gasteiger partial charge in [-0.2, -0.15) is 5.26 Å². The third-order valence-corrected chi connectivity index (χ3v) is 2.37. The van der Waals surface area contributed by atoms with Gasteiger partial charge in [-0.25, -0.2) is 4.79 Å². The zero-order chi connectivity index (χ0) is 12.1. The molecule has 0 saturated carbocycles. The molecule has 4 nitrogen and oxygen atoms in total. The molecule has 84 valence electrons. The summed E-state index contributed by atoms with van der Waals surface area (Å²) >= 11 is 5.77. The quantitative estimate of drug-likeness (QED) is 0.841. The van der Waals surface area contributed by atoms with Crippen molar-refractivity contribution >= 4 is 17.6 Å². The van der Waals surface area contributed by atoms with Gasteiger partial charge in [0.25, 0.3) is 0 Å². The van der Waals surface area contributed by atoms with Gasteiger partial charge in [0.15, 0.2) is 6.10 Å². The van der Waals surface area contributed by atoms with Gasteiger partial charge in [0.2, 0.25) is 0 Å². The second-order valence-electron chi connectivity index (χ2n) is 3.24. The number of aliphatic carboxylic acids is 1. The van der Waals surface area contributed by atoms with Crippen LogP contribution in [0.5, 0.6) is 0 Å². The Morgan fingerprint density at radius 1 is 1.56 bits per heavy atom. The minimum absolute atomic E-state index is 0.250. The van der Waals surface area contributed by atoms with E-state index in [1.54, 1.807) is 6.07 Å². The predicted molar refractivity (Wildman–Crippen MR) is 58.0 cm³/mol. The average Bonchev–Trinajstić information content (AvgIpc) is 2.25. The highest BCUT2D eigenvalue weighted by Gasteiger charge is 2.19. The van der Waals surface area contributed by atoms with Crippen LogP contribution in [0.1, 0.15) is 23.7 Å². The molecule has 1 unspecified atom stereocenters. The maximum absolute atomic E-state index is 10.7. The molecule has 0 saturated heterocycles.